The van der Waals surface area contributed by atoms with E-state index in [1.807, 2.05) is 34.0 Å². The second kappa shape index (κ2) is 21.8. The largest absolute Gasteiger partial charge is 0.295 e. The smallest absolute Gasteiger partial charge is 0.239 e. The molecule has 1 rings (SSSR count). The SMILES string of the molecule is CC.CC.CCC.CSC1CCC(=O)NC1=O.[B]. The number of hydrogen-bond acceptors (Lipinski definition) is 3. The molecule has 1 aliphatic rings. The van der Waals surface area contributed by atoms with Gasteiger partial charge in [-0.25, -0.2) is 0 Å². The van der Waals surface area contributed by atoms with Crippen LogP contribution in [0.2, 0.25) is 0 Å². The first kappa shape index (κ1) is 26.2. The van der Waals surface area contributed by atoms with Crippen LogP contribution in [0.15, 0.2) is 0 Å². The van der Waals surface area contributed by atoms with Crippen LogP contribution < -0.4 is 5.32 Å². The van der Waals surface area contributed by atoms with E-state index >= 15 is 0 Å². The molecule has 0 spiro atoms. The molecule has 1 fully saturated rings. The lowest BCUT2D eigenvalue weighted by molar-refractivity contribution is -0.132. The molecule has 3 nitrogen and oxygen atoms in total. The van der Waals surface area contributed by atoms with Gasteiger partial charge in [-0.05, 0) is 12.7 Å². The first-order chi connectivity index (χ1) is 8.15. The molecule has 1 aliphatic heterocycles. The van der Waals surface area contributed by atoms with E-state index in [-0.39, 0.29) is 25.5 Å². The summed E-state index contributed by atoms with van der Waals surface area (Å²) in [7, 11) is 0. The van der Waals surface area contributed by atoms with Crippen molar-refractivity contribution in [1.29, 1.82) is 0 Å². The Hall–Kier alpha value is -0.445. The van der Waals surface area contributed by atoms with Crippen LogP contribution in [0.1, 0.15) is 60.8 Å². The van der Waals surface area contributed by atoms with Crippen molar-refractivity contribution >= 4 is 32.0 Å². The number of rotatable bonds is 1. The Kier molecular flexibility index (Phi) is 31.7. The van der Waals surface area contributed by atoms with E-state index in [4.69, 9.17) is 0 Å². The molecular weight excluding hydrogens is 245 g/mol. The van der Waals surface area contributed by atoms with Gasteiger partial charge in [-0.1, -0.05) is 48.0 Å². The van der Waals surface area contributed by atoms with Crippen LogP contribution in [0, 0.1) is 0 Å². The minimum atomic E-state index is -0.143. The molecule has 0 aliphatic carbocycles. The van der Waals surface area contributed by atoms with Gasteiger partial charge in [0.25, 0.3) is 0 Å². The van der Waals surface area contributed by atoms with Gasteiger partial charge in [-0.2, -0.15) is 11.8 Å². The average molecular weight is 274 g/mol. The van der Waals surface area contributed by atoms with Gasteiger partial charge < -0.3 is 0 Å². The number of imide groups is 1. The Labute approximate surface area is 119 Å². The molecule has 1 N–H and O–H groups in total. The van der Waals surface area contributed by atoms with Gasteiger partial charge in [0.2, 0.25) is 11.8 Å². The molecule has 0 aromatic carbocycles. The van der Waals surface area contributed by atoms with Gasteiger partial charge >= 0.3 is 0 Å². The minimum Gasteiger partial charge on any atom is -0.295 e. The van der Waals surface area contributed by atoms with Crippen molar-refractivity contribution in [2.75, 3.05) is 6.26 Å². The molecule has 1 heterocycles. The number of carbonyl (C=O) groups is 2. The Balaban J connectivity index is -0.000000106. The second-order valence-corrected chi connectivity index (χ2v) is 3.92. The van der Waals surface area contributed by atoms with Crippen LogP contribution in [0.4, 0.5) is 0 Å². The molecule has 2 amide bonds. The molecule has 3 radical (unpaired) electrons. The van der Waals surface area contributed by atoms with Crippen molar-refractivity contribution in [3.63, 3.8) is 0 Å². The van der Waals surface area contributed by atoms with Crippen LogP contribution in [0.25, 0.3) is 0 Å². The monoisotopic (exact) mass is 274 g/mol. The van der Waals surface area contributed by atoms with Crippen molar-refractivity contribution < 1.29 is 9.59 Å². The topological polar surface area (TPSA) is 46.2 Å². The van der Waals surface area contributed by atoms with E-state index in [2.05, 4.69) is 19.2 Å². The van der Waals surface area contributed by atoms with E-state index in [1.54, 1.807) is 0 Å². The molecule has 0 bridgehead atoms. The molecule has 0 saturated carbocycles. The number of nitrogens with one attached hydrogen (secondary N) is 1. The molecule has 0 aromatic rings. The van der Waals surface area contributed by atoms with Crippen LogP contribution >= 0.6 is 11.8 Å². The third-order valence-electron chi connectivity index (χ3n) is 1.47. The summed E-state index contributed by atoms with van der Waals surface area (Å²) in [6, 6.07) is 0. The second-order valence-electron chi connectivity index (χ2n) is 2.88. The maximum Gasteiger partial charge on any atom is 0.239 e. The van der Waals surface area contributed by atoms with Crippen molar-refractivity contribution in [3.8, 4) is 0 Å². The fourth-order valence-electron chi connectivity index (χ4n) is 0.899. The first-order valence-electron chi connectivity index (χ1n) is 6.52. The van der Waals surface area contributed by atoms with Crippen LogP contribution in [0.3, 0.4) is 0 Å². The van der Waals surface area contributed by atoms with Crippen molar-refractivity contribution in [3.05, 3.63) is 0 Å². The zero-order valence-corrected chi connectivity index (χ0v) is 13.8. The lowest BCUT2D eigenvalue weighted by Gasteiger charge is -2.17. The van der Waals surface area contributed by atoms with Gasteiger partial charge in [0.15, 0.2) is 0 Å². The van der Waals surface area contributed by atoms with Gasteiger partial charge in [0.05, 0.1) is 5.25 Å². The van der Waals surface area contributed by atoms with E-state index in [9.17, 15) is 9.59 Å². The number of piperidine rings is 1. The molecule has 1 atom stereocenters. The van der Waals surface area contributed by atoms with Crippen LogP contribution in [-0.2, 0) is 9.59 Å². The number of thioether (sulfide) groups is 1. The molecule has 18 heavy (non-hydrogen) atoms. The third kappa shape index (κ3) is 15.6. The van der Waals surface area contributed by atoms with Gasteiger partial charge in [-0.3, -0.25) is 14.9 Å². The Morgan fingerprint density at radius 1 is 1.17 bits per heavy atom. The minimum absolute atomic E-state index is 0. The molecule has 5 heteroatoms. The first-order valence-corrected chi connectivity index (χ1v) is 7.80. The number of amides is 2. The van der Waals surface area contributed by atoms with Gasteiger partial charge in [0, 0.05) is 14.8 Å². The average Bonchev–Trinajstić information content (AvgIpc) is 2.35. The molecular formula is C13H29BNO2S. The van der Waals surface area contributed by atoms with Crippen molar-refractivity contribution in [1.82, 2.24) is 5.32 Å². The van der Waals surface area contributed by atoms with Gasteiger partial charge in [-0.15, -0.1) is 0 Å². The van der Waals surface area contributed by atoms with Crippen LogP contribution in [-0.4, -0.2) is 31.7 Å². The van der Waals surface area contributed by atoms with E-state index in [1.165, 1.54) is 18.2 Å². The Bertz CT molecular complexity index is 190. The molecule has 1 unspecified atom stereocenters. The maximum atomic E-state index is 10.9. The van der Waals surface area contributed by atoms with Gasteiger partial charge in [0.1, 0.15) is 0 Å². The van der Waals surface area contributed by atoms with Crippen LogP contribution in [0.5, 0.6) is 0 Å². The zero-order valence-electron chi connectivity index (χ0n) is 13.0. The van der Waals surface area contributed by atoms with E-state index < -0.39 is 0 Å². The lowest BCUT2D eigenvalue weighted by atomic mass is 10.1. The van der Waals surface area contributed by atoms with Crippen molar-refractivity contribution in [2.45, 2.75) is 66.1 Å². The highest BCUT2D eigenvalue weighted by atomic mass is 32.2. The summed E-state index contributed by atoms with van der Waals surface area (Å²) < 4.78 is 0. The summed E-state index contributed by atoms with van der Waals surface area (Å²) in [5, 5.41) is 2.27. The van der Waals surface area contributed by atoms with E-state index in [0.29, 0.717) is 12.8 Å². The summed E-state index contributed by atoms with van der Waals surface area (Å²) in [5.74, 6) is -0.279. The van der Waals surface area contributed by atoms with E-state index in [0.717, 1.165) is 0 Å². The summed E-state index contributed by atoms with van der Waals surface area (Å²) >= 11 is 1.49. The molecule has 1 saturated heterocycles. The Morgan fingerprint density at radius 2 is 1.56 bits per heavy atom. The third-order valence-corrected chi connectivity index (χ3v) is 2.49. The fraction of sp³-hybridized carbons (Fsp3) is 0.846. The summed E-state index contributed by atoms with van der Waals surface area (Å²) in [5.41, 5.74) is 0. The van der Waals surface area contributed by atoms with Crippen molar-refractivity contribution in [2.24, 2.45) is 0 Å². The summed E-state index contributed by atoms with van der Waals surface area (Å²) in [6.45, 7) is 12.2. The summed E-state index contributed by atoms with van der Waals surface area (Å²) in [6.07, 6.45) is 4.29. The molecule has 107 valence electrons. The summed E-state index contributed by atoms with van der Waals surface area (Å²) in [4.78, 5) is 21.5. The maximum absolute atomic E-state index is 10.9. The lowest BCUT2D eigenvalue weighted by Crippen LogP contribution is -2.42. The number of carbonyl (C=O) groups excluding carboxylic acids is 2. The number of hydrogen-bond donors (Lipinski definition) is 1. The zero-order chi connectivity index (χ0) is 14.3. The highest BCUT2D eigenvalue weighted by Gasteiger charge is 2.24. The Morgan fingerprint density at radius 3 is 1.83 bits per heavy atom. The normalized spacial score (nSPS) is 16.3. The predicted octanol–water partition coefficient (Wildman–Crippen LogP) is 3.24. The quantitative estimate of drug-likeness (QED) is 0.589. The highest BCUT2D eigenvalue weighted by Crippen LogP contribution is 2.16. The standard InChI is InChI=1S/C6H9NO2S.C3H8.2C2H6.B/c1-10-4-2-3-5(8)7-6(4)9;1-3-2;2*1-2;/h4H,2-3H2,1H3,(H,7,8,9);3H2,1-2H3;2*1-2H3;. The molecule has 0 aromatic heterocycles. The highest BCUT2D eigenvalue weighted by molar-refractivity contribution is 7.99. The predicted molar refractivity (Wildman–Crippen MR) is 84.1 cm³/mol. The fourth-order valence-corrected chi connectivity index (χ4v) is 1.53.